The molecule has 0 unspecified atom stereocenters. The summed E-state index contributed by atoms with van der Waals surface area (Å²) in [6, 6.07) is 14.2. The van der Waals surface area contributed by atoms with E-state index in [2.05, 4.69) is 15.6 Å². The maximum absolute atomic E-state index is 12.4. The molecular formula is C19H18N4O3. The minimum absolute atomic E-state index is 0.145. The summed E-state index contributed by atoms with van der Waals surface area (Å²) in [7, 11) is 1.51. The van der Waals surface area contributed by atoms with Gasteiger partial charge in [0.15, 0.2) is 5.69 Å². The molecule has 1 aromatic heterocycles. The van der Waals surface area contributed by atoms with Crippen molar-refractivity contribution in [3.05, 3.63) is 70.1 Å². The number of hydrogen-bond donors (Lipinski definition) is 1. The number of carbonyl (C=O) groups is 1. The number of fused-ring (bicyclic) bond motifs is 1. The summed E-state index contributed by atoms with van der Waals surface area (Å²) >= 11 is 0. The van der Waals surface area contributed by atoms with Crippen molar-refractivity contribution in [3.63, 3.8) is 0 Å². The lowest BCUT2D eigenvalue weighted by Gasteiger charge is -2.06. The van der Waals surface area contributed by atoms with Gasteiger partial charge in [-0.15, -0.1) is 0 Å². The third kappa shape index (κ3) is 3.61. The van der Waals surface area contributed by atoms with E-state index < -0.39 is 5.91 Å². The van der Waals surface area contributed by atoms with E-state index in [-0.39, 0.29) is 11.3 Å². The zero-order valence-corrected chi connectivity index (χ0v) is 14.5. The van der Waals surface area contributed by atoms with Crippen molar-refractivity contribution >= 4 is 22.9 Å². The molecule has 0 spiro atoms. The molecule has 2 aromatic carbocycles. The highest BCUT2D eigenvalue weighted by Gasteiger charge is 2.14. The summed E-state index contributed by atoms with van der Waals surface area (Å²) in [5.74, 6) is 0.286. The predicted octanol–water partition coefficient (Wildman–Crippen LogP) is 2.10. The van der Waals surface area contributed by atoms with Crippen LogP contribution in [0, 0.1) is 0 Å². The van der Waals surface area contributed by atoms with Crippen LogP contribution in [0.5, 0.6) is 5.75 Å². The van der Waals surface area contributed by atoms with Crippen LogP contribution in [-0.2, 0) is 7.05 Å². The van der Waals surface area contributed by atoms with Crippen molar-refractivity contribution in [1.29, 1.82) is 0 Å². The lowest BCUT2D eigenvalue weighted by Crippen LogP contribution is -2.27. The fourth-order valence-electron chi connectivity index (χ4n) is 2.50. The van der Waals surface area contributed by atoms with Gasteiger partial charge in [0.25, 0.3) is 11.5 Å². The van der Waals surface area contributed by atoms with Crippen molar-refractivity contribution in [2.45, 2.75) is 6.92 Å². The summed E-state index contributed by atoms with van der Waals surface area (Å²) in [4.78, 5) is 24.5. The zero-order chi connectivity index (χ0) is 18.5. The number of nitrogens with zero attached hydrogens (tertiary/aromatic N) is 3. The summed E-state index contributed by atoms with van der Waals surface area (Å²) in [6.45, 7) is 2.52. The Morgan fingerprint density at radius 2 is 1.88 bits per heavy atom. The molecule has 0 aliphatic carbocycles. The van der Waals surface area contributed by atoms with Gasteiger partial charge >= 0.3 is 0 Å². The summed E-state index contributed by atoms with van der Waals surface area (Å²) < 4.78 is 6.52. The van der Waals surface area contributed by atoms with E-state index in [1.165, 1.54) is 13.3 Å². The Bertz CT molecular complexity index is 1020. The highest BCUT2D eigenvalue weighted by Crippen LogP contribution is 2.13. The van der Waals surface area contributed by atoms with Crippen LogP contribution in [0.15, 0.2) is 58.4 Å². The number of nitrogens with one attached hydrogen (secondary N) is 1. The van der Waals surface area contributed by atoms with Crippen LogP contribution in [0.25, 0.3) is 10.8 Å². The first-order valence-electron chi connectivity index (χ1n) is 8.12. The van der Waals surface area contributed by atoms with E-state index in [9.17, 15) is 9.59 Å². The second-order valence-electron chi connectivity index (χ2n) is 5.52. The molecule has 0 aliphatic rings. The molecule has 3 rings (SSSR count). The molecule has 7 heteroatoms. The molecular weight excluding hydrogens is 332 g/mol. The van der Waals surface area contributed by atoms with Crippen molar-refractivity contribution in [1.82, 2.24) is 15.2 Å². The monoisotopic (exact) mass is 350 g/mol. The largest absolute Gasteiger partial charge is 0.494 e. The van der Waals surface area contributed by atoms with Crippen LogP contribution in [0.3, 0.4) is 0 Å². The number of carbonyl (C=O) groups excluding carboxylic acids is 1. The average Bonchev–Trinajstić information content (AvgIpc) is 2.66. The van der Waals surface area contributed by atoms with E-state index in [1.54, 1.807) is 24.3 Å². The first kappa shape index (κ1) is 17.3. The van der Waals surface area contributed by atoms with Gasteiger partial charge < -0.3 is 4.74 Å². The van der Waals surface area contributed by atoms with E-state index >= 15 is 0 Å². The summed E-state index contributed by atoms with van der Waals surface area (Å²) in [6.07, 6.45) is 1.53. The van der Waals surface area contributed by atoms with Crippen molar-refractivity contribution in [2.24, 2.45) is 12.1 Å². The Morgan fingerprint density at radius 1 is 1.19 bits per heavy atom. The summed E-state index contributed by atoms with van der Waals surface area (Å²) in [5.41, 5.74) is 3.15. The van der Waals surface area contributed by atoms with Gasteiger partial charge in [0, 0.05) is 12.4 Å². The molecule has 0 bridgehead atoms. The number of amides is 1. The van der Waals surface area contributed by atoms with Gasteiger partial charge in [-0.3, -0.25) is 9.59 Å². The zero-order valence-electron chi connectivity index (χ0n) is 14.5. The van der Waals surface area contributed by atoms with E-state index in [4.69, 9.17) is 4.74 Å². The number of aryl methyl sites for hydroxylation is 1. The second-order valence-corrected chi connectivity index (χ2v) is 5.52. The Labute approximate surface area is 149 Å². The molecule has 0 atom stereocenters. The van der Waals surface area contributed by atoms with Gasteiger partial charge in [0.05, 0.1) is 18.2 Å². The van der Waals surface area contributed by atoms with Crippen LogP contribution in [0.1, 0.15) is 23.0 Å². The molecule has 0 fully saturated rings. The lowest BCUT2D eigenvalue weighted by atomic mass is 10.1. The Morgan fingerprint density at radius 3 is 2.58 bits per heavy atom. The van der Waals surface area contributed by atoms with Gasteiger partial charge in [-0.2, -0.15) is 10.2 Å². The fourth-order valence-corrected chi connectivity index (χ4v) is 2.50. The van der Waals surface area contributed by atoms with Gasteiger partial charge in [-0.25, -0.2) is 10.1 Å². The third-order valence-corrected chi connectivity index (χ3v) is 3.74. The molecule has 1 heterocycles. The molecule has 7 nitrogen and oxygen atoms in total. The maximum Gasteiger partial charge on any atom is 0.292 e. The minimum Gasteiger partial charge on any atom is -0.494 e. The molecule has 3 aromatic rings. The molecule has 26 heavy (non-hydrogen) atoms. The first-order valence-corrected chi connectivity index (χ1v) is 8.12. The van der Waals surface area contributed by atoms with E-state index in [0.29, 0.717) is 17.4 Å². The Hall–Kier alpha value is -3.48. The minimum atomic E-state index is -0.487. The van der Waals surface area contributed by atoms with E-state index in [0.717, 1.165) is 16.0 Å². The van der Waals surface area contributed by atoms with Gasteiger partial charge in [0.1, 0.15) is 5.75 Å². The quantitative estimate of drug-likeness (QED) is 0.564. The fraction of sp³-hybridized carbons (Fsp3) is 0.158. The highest BCUT2D eigenvalue weighted by atomic mass is 16.5. The lowest BCUT2D eigenvalue weighted by molar-refractivity contribution is 0.0950. The average molecular weight is 350 g/mol. The smallest absolute Gasteiger partial charge is 0.292 e. The Balaban J connectivity index is 1.79. The maximum atomic E-state index is 12.4. The van der Waals surface area contributed by atoms with Crippen molar-refractivity contribution in [3.8, 4) is 5.75 Å². The second kappa shape index (κ2) is 7.60. The Kier molecular flexibility index (Phi) is 5.07. The number of ether oxygens (including phenoxy) is 1. The first-order chi connectivity index (χ1) is 12.6. The van der Waals surface area contributed by atoms with Crippen LogP contribution < -0.4 is 15.7 Å². The van der Waals surface area contributed by atoms with Gasteiger partial charge in [-0.05, 0) is 42.8 Å². The van der Waals surface area contributed by atoms with Crippen LogP contribution in [0.4, 0.5) is 0 Å². The van der Waals surface area contributed by atoms with Crippen LogP contribution >= 0.6 is 0 Å². The van der Waals surface area contributed by atoms with Crippen molar-refractivity contribution < 1.29 is 9.53 Å². The highest BCUT2D eigenvalue weighted by molar-refractivity contribution is 6.04. The van der Waals surface area contributed by atoms with Crippen LogP contribution in [-0.4, -0.2) is 28.5 Å². The van der Waals surface area contributed by atoms with E-state index in [1.807, 2.05) is 31.2 Å². The number of rotatable bonds is 5. The molecule has 1 amide bonds. The van der Waals surface area contributed by atoms with Gasteiger partial charge in [0.2, 0.25) is 0 Å². The standard InChI is InChI=1S/C19H18N4O3/c1-3-26-14-10-8-13(9-11-14)12-20-21-18(24)17-15-6-4-5-7-16(15)19(25)23(2)22-17/h4-12H,3H2,1-2H3,(H,21,24)/b20-12+. The molecule has 1 N–H and O–H groups in total. The van der Waals surface area contributed by atoms with Gasteiger partial charge in [-0.1, -0.05) is 18.2 Å². The predicted molar refractivity (Wildman–Crippen MR) is 99.7 cm³/mol. The number of hydrazone groups is 1. The third-order valence-electron chi connectivity index (χ3n) is 3.74. The number of hydrogen-bond acceptors (Lipinski definition) is 5. The van der Waals surface area contributed by atoms with Crippen LogP contribution in [0.2, 0.25) is 0 Å². The van der Waals surface area contributed by atoms with Crippen molar-refractivity contribution in [2.75, 3.05) is 6.61 Å². The normalized spacial score (nSPS) is 11.0. The molecule has 0 saturated carbocycles. The number of benzene rings is 2. The SMILES string of the molecule is CCOc1ccc(/C=N/NC(=O)c2nn(C)c(=O)c3ccccc23)cc1. The molecule has 0 saturated heterocycles. The summed E-state index contributed by atoms with van der Waals surface area (Å²) in [5, 5.41) is 8.95. The molecule has 132 valence electrons. The molecule has 0 radical (unpaired) electrons. The number of aromatic nitrogens is 2. The topological polar surface area (TPSA) is 85.6 Å². The molecule has 0 aliphatic heterocycles.